The molecule has 3 aromatic carbocycles. The van der Waals surface area contributed by atoms with Crippen LogP contribution >= 0.6 is 0 Å². The third-order valence-electron chi connectivity index (χ3n) is 12.4. The van der Waals surface area contributed by atoms with Gasteiger partial charge >= 0.3 is 0 Å². The maximum absolute atomic E-state index is 11.2. The van der Waals surface area contributed by atoms with Crippen LogP contribution in [0.15, 0.2) is 60.7 Å². The molecule has 350 valence electrons. The smallest absolute Gasteiger partial charge is 0.150 e. The fourth-order valence-corrected chi connectivity index (χ4v) is 8.23. The van der Waals surface area contributed by atoms with Gasteiger partial charge in [0.15, 0.2) is 0 Å². The Labute approximate surface area is 391 Å². The van der Waals surface area contributed by atoms with Gasteiger partial charge in [0.1, 0.15) is 24.1 Å². The Kier molecular flexibility index (Phi) is 32.1. The van der Waals surface area contributed by atoms with Crippen LogP contribution in [0.3, 0.4) is 0 Å². The van der Waals surface area contributed by atoms with Gasteiger partial charge < -0.3 is 9.47 Å². The van der Waals surface area contributed by atoms with Crippen LogP contribution in [-0.2, 0) is 0 Å². The Morgan fingerprint density at radius 2 is 0.594 bits per heavy atom. The summed E-state index contributed by atoms with van der Waals surface area (Å²) in [5.74, 6) is 14.7. The van der Waals surface area contributed by atoms with Crippen molar-refractivity contribution in [2.24, 2.45) is 0 Å². The molecule has 64 heavy (non-hydrogen) atoms. The highest BCUT2D eigenvalue weighted by Crippen LogP contribution is 2.30. The third-order valence-corrected chi connectivity index (χ3v) is 12.4. The maximum atomic E-state index is 11.2. The Bertz CT molecular complexity index is 1620. The van der Waals surface area contributed by atoms with Crippen LogP contribution in [0, 0.1) is 23.7 Å². The largest absolute Gasteiger partial charge is 0.492 e. The molecule has 4 nitrogen and oxygen atoms in total. The zero-order valence-corrected chi connectivity index (χ0v) is 40.6. The van der Waals surface area contributed by atoms with Crippen LogP contribution in [0.5, 0.6) is 11.5 Å². The standard InChI is InChI=1S/C60H86O4/c1-3-5-7-9-11-13-15-17-19-21-23-25-27-29-31-33-47-63-59-49-58(46-44-54-37-41-56(52-62)42-38-54)60(50-57(59)45-43-53-35-39-55(51-61)40-36-53)64-48-34-32-30-28-26-24-22-20-18-16-14-12-10-8-6-4-2/h35-42,49-52H,3-34,47-48H2,1-2H3. The minimum absolute atomic E-state index is 0.612. The lowest BCUT2D eigenvalue weighted by Crippen LogP contribution is -2.03. The fourth-order valence-electron chi connectivity index (χ4n) is 8.23. The van der Waals surface area contributed by atoms with Gasteiger partial charge in [-0.2, -0.15) is 0 Å². The molecule has 0 atom stereocenters. The molecule has 0 aliphatic heterocycles. The molecule has 0 heterocycles. The van der Waals surface area contributed by atoms with E-state index in [0.29, 0.717) is 35.8 Å². The fraction of sp³-hybridized carbons (Fsp3) is 0.600. The normalized spacial score (nSPS) is 10.8. The first-order chi connectivity index (χ1) is 31.7. The summed E-state index contributed by atoms with van der Waals surface area (Å²) < 4.78 is 13.0. The molecule has 0 aliphatic carbocycles. The van der Waals surface area contributed by atoms with Gasteiger partial charge in [0.25, 0.3) is 0 Å². The second-order valence-corrected chi connectivity index (χ2v) is 18.1. The lowest BCUT2D eigenvalue weighted by atomic mass is 10.0. The number of carbonyl (C=O) groups excluding carboxylic acids is 2. The number of carbonyl (C=O) groups is 2. The second-order valence-electron chi connectivity index (χ2n) is 18.1. The molecule has 0 aliphatic rings. The molecule has 0 fully saturated rings. The molecule has 0 saturated carbocycles. The van der Waals surface area contributed by atoms with Gasteiger partial charge in [-0.3, -0.25) is 9.59 Å². The van der Waals surface area contributed by atoms with Gasteiger partial charge in [-0.25, -0.2) is 0 Å². The molecule has 0 N–H and O–H groups in total. The molecular weight excluding hydrogens is 785 g/mol. The first-order valence-electron chi connectivity index (χ1n) is 26.2. The molecular formula is C60H86O4. The van der Waals surface area contributed by atoms with Crippen molar-refractivity contribution in [2.45, 2.75) is 219 Å². The van der Waals surface area contributed by atoms with Gasteiger partial charge in [-0.1, -0.05) is 254 Å². The van der Waals surface area contributed by atoms with Gasteiger partial charge in [0.05, 0.1) is 24.3 Å². The quantitative estimate of drug-likeness (QED) is 0.0327. The van der Waals surface area contributed by atoms with E-state index in [1.165, 1.54) is 180 Å². The topological polar surface area (TPSA) is 52.6 Å². The van der Waals surface area contributed by atoms with E-state index < -0.39 is 0 Å². The predicted octanol–water partition coefficient (Wildman–Crippen LogP) is 17.4. The van der Waals surface area contributed by atoms with E-state index in [-0.39, 0.29) is 0 Å². The average Bonchev–Trinajstić information content (AvgIpc) is 3.32. The molecule has 0 radical (unpaired) electrons. The Hall–Kier alpha value is -4.28. The number of hydrogen-bond donors (Lipinski definition) is 0. The number of rotatable bonds is 38. The SMILES string of the molecule is CCCCCCCCCCCCCCCCCCOc1cc(C#Cc2ccc(C=O)cc2)c(OCCCCCCCCCCCCCCCCCC)cc1C#Cc1ccc(C=O)cc1. The zero-order chi connectivity index (χ0) is 45.4. The summed E-state index contributed by atoms with van der Waals surface area (Å²) in [6.45, 7) is 5.80. The van der Waals surface area contributed by atoms with E-state index in [0.717, 1.165) is 60.5 Å². The third kappa shape index (κ3) is 26.5. The van der Waals surface area contributed by atoms with Crippen molar-refractivity contribution in [3.05, 3.63) is 94.0 Å². The van der Waals surface area contributed by atoms with E-state index in [2.05, 4.69) is 37.5 Å². The van der Waals surface area contributed by atoms with Crippen LogP contribution in [0.25, 0.3) is 0 Å². The average molecular weight is 871 g/mol. The van der Waals surface area contributed by atoms with Gasteiger partial charge in [-0.05, 0) is 37.1 Å². The zero-order valence-electron chi connectivity index (χ0n) is 40.6. The number of hydrogen-bond acceptors (Lipinski definition) is 4. The minimum atomic E-state index is 0.612. The van der Waals surface area contributed by atoms with Crippen molar-refractivity contribution in [3.8, 4) is 35.2 Å². The monoisotopic (exact) mass is 871 g/mol. The molecule has 3 aromatic rings. The summed E-state index contributed by atoms with van der Waals surface area (Å²) in [6.07, 6.45) is 44.3. The summed E-state index contributed by atoms with van der Waals surface area (Å²) in [4.78, 5) is 22.5. The molecule has 0 aromatic heterocycles. The Balaban J connectivity index is 1.53. The first-order valence-corrected chi connectivity index (χ1v) is 26.2. The second kappa shape index (κ2) is 38.0. The Morgan fingerprint density at radius 1 is 0.344 bits per heavy atom. The van der Waals surface area contributed by atoms with E-state index in [1.54, 1.807) is 24.3 Å². The van der Waals surface area contributed by atoms with Gasteiger partial charge in [-0.15, -0.1) is 0 Å². The molecule has 0 spiro atoms. The number of unbranched alkanes of at least 4 members (excludes halogenated alkanes) is 30. The van der Waals surface area contributed by atoms with Crippen LogP contribution < -0.4 is 9.47 Å². The number of ether oxygens (including phenoxy) is 2. The number of benzene rings is 3. The van der Waals surface area contributed by atoms with E-state index in [9.17, 15) is 9.59 Å². The molecule has 0 unspecified atom stereocenters. The van der Waals surface area contributed by atoms with Gasteiger partial charge in [0.2, 0.25) is 0 Å². The molecule has 0 bridgehead atoms. The molecule has 0 amide bonds. The van der Waals surface area contributed by atoms with Crippen molar-refractivity contribution in [1.29, 1.82) is 0 Å². The highest BCUT2D eigenvalue weighted by atomic mass is 16.5. The van der Waals surface area contributed by atoms with Crippen molar-refractivity contribution >= 4 is 12.6 Å². The first kappa shape index (κ1) is 54.1. The van der Waals surface area contributed by atoms with Crippen molar-refractivity contribution in [3.63, 3.8) is 0 Å². The summed E-state index contributed by atoms with van der Waals surface area (Å²) >= 11 is 0. The summed E-state index contributed by atoms with van der Waals surface area (Å²) in [5, 5.41) is 0. The summed E-state index contributed by atoms with van der Waals surface area (Å²) in [7, 11) is 0. The Morgan fingerprint density at radius 3 is 0.844 bits per heavy atom. The molecule has 0 saturated heterocycles. The van der Waals surface area contributed by atoms with E-state index in [1.807, 2.05) is 36.4 Å². The lowest BCUT2D eigenvalue weighted by Gasteiger charge is -2.14. The summed E-state index contributed by atoms with van der Waals surface area (Å²) in [5.41, 5.74) is 4.43. The van der Waals surface area contributed by atoms with E-state index in [4.69, 9.17) is 9.47 Å². The van der Waals surface area contributed by atoms with Crippen molar-refractivity contribution in [2.75, 3.05) is 13.2 Å². The van der Waals surface area contributed by atoms with Crippen LogP contribution in [0.4, 0.5) is 0 Å². The van der Waals surface area contributed by atoms with Crippen LogP contribution in [0.1, 0.15) is 262 Å². The van der Waals surface area contributed by atoms with Gasteiger partial charge in [0, 0.05) is 34.4 Å². The lowest BCUT2D eigenvalue weighted by molar-refractivity contribution is 0.111. The highest BCUT2D eigenvalue weighted by molar-refractivity contribution is 5.75. The number of aldehydes is 2. The molecule has 3 rings (SSSR count). The summed E-state index contributed by atoms with van der Waals surface area (Å²) in [6, 6.07) is 18.6. The van der Waals surface area contributed by atoms with E-state index >= 15 is 0 Å². The van der Waals surface area contributed by atoms with Crippen LogP contribution in [0.2, 0.25) is 0 Å². The van der Waals surface area contributed by atoms with Crippen LogP contribution in [-0.4, -0.2) is 25.8 Å². The highest BCUT2D eigenvalue weighted by Gasteiger charge is 2.12. The van der Waals surface area contributed by atoms with Crippen molar-refractivity contribution in [1.82, 2.24) is 0 Å². The minimum Gasteiger partial charge on any atom is -0.492 e. The predicted molar refractivity (Wildman–Crippen MR) is 272 cm³/mol. The van der Waals surface area contributed by atoms with Crippen molar-refractivity contribution < 1.29 is 19.1 Å². The maximum Gasteiger partial charge on any atom is 0.150 e. The molecule has 4 heteroatoms.